The molecule has 3 aromatic rings. The van der Waals surface area contributed by atoms with Crippen molar-refractivity contribution in [2.75, 3.05) is 26.4 Å². The van der Waals surface area contributed by atoms with E-state index in [0.29, 0.717) is 5.56 Å². The lowest BCUT2D eigenvalue weighted by Gasteiger charge is -2.41. The van der Waals surface area contributed by atoms with Gasteiger partial charge in [0.25, 0.3) is 5.79 Å². The first-order chi connectivity index (χ1) is 24.8. The molecule has 6 rings (SSSR count). The Kier molecular flexibility index (Phi) is 11.2. The maximum atomic E-state index is 13.8. The first kappa shape index (κ1) is 38.4. The second-order valence-electron chi connectivity index (χ2n) is 12.8. The standard InChI is InChI=1S/C33H40O19/c34-7-17-22(39)25(42)27(44)30(49-17)20-16(6-5-14-21(38)15(9-47-29(14)20)12-1-3-13(37)4-2-12)51-33(11-36)31(46)24(41)19(52-33)10-48-32-28(45)26(43)23(40)18(8-35)50-32/h1-6,9,17-19,22-28,30-32,34-37,39-46H,7-8,10-11H2/t17-,18-,19-,22-,23-,24-,25+,26+,27-,28-,30+,31+,32+,33-/m1/s1. The SMILES string of the molecule is O=c1c(-c2ccc(O)cc2)coc2c([C@@H]3O[C@H](CO)[C@@H](O)[C@H](O)[C@H]3O)c(O[C@]3(CO)O[C@H](CO[C@H]4O[C@H](CO)[C@@H](O)[C@H](O)[C@H]4O)[C@@H](O)[C@@H]3O)ccc12. The molecular weight excluding hydrogens is 700 g/mol. The predicted octanol–water partition coefficient (Wildman–Crippen LogP) is -4.31. The third-order valence-electron chi connectivity index (χ3n) is 9.58. The normalized spacial score (nSPS) is 38.1. The third-order valence-corrected chi connectivity index (χ3v) is 9.58. The highest BCUT2D eigenvalue weighted by Gasteiger charge is 2.58. The van der Waals surface area contributed by atoms with Gasteiger partial charge in [-0.1, -0.05) is 12.1 Å². The minimum Gasteiger partial charge on any atom is -0.508 e. The summed E-state index contributed by atoms with van der Waals surface area (Å²) in [5.74, 6) is -2.94. The Morgan fingerprint density at radius 1 is 0.712 bits per heavy atom. The average molecular weight is 741 g/mol. The molecule has 0 aliphatic carbocycles. The molecular formula is C33H40O19. The molecule has 14 atom stereocenters. The van der Waals surface area contributed by atoms with Gasteiger partial charge in [0.1, 0.15) is 103 Å². The molecule has 52 heavy (non-hydrogen) atoms. The molecule has 0 radical (unpaired) electrons. The molecule has 3 saturated heterocycles. The smallest absolute Gasteiger partial charge is 0.263 e. The van der Waals surface area contributed by atoms with Crippen molar-refractivity contribution < 1.29 is 89.4 Å². The number of aliphatic hydroxyl groups is 11. The number of hydrogen-bond acceptors (Lipinski definition) is 19. The van der Waals surface area contributed by atoms with Gasteiger partial charge >= 0.3 is 0 Å². The highest BCUT2D eigenvalue weighted by molar-refractivity contribution is 5.86. The highest BCUT2D eigenvalue weighted by atomic mass is 16.8. The molecule has 19 nitrogen and oxygen atoms in total. The molecule has 12 N–H and O–H groups in total. The van der Waals surface area contributed by atoms with Crippen molar-refractivity contribution in [1.82, 2.24) is 0 Å². The van der Waals surface area contributed by atoms with Crippen LogP contribution in [0.3, 0.4) is 0 Å². The first-order valence-corrected chi connectivity index (χ1v) is 16.2. The lowest BCUT2D eigenvalue weighted by Crippen LogP contribution is -2.59. The van der Waals surface area contributed by atoms with E-state index in [-0.39, 0.29) is 33.6 Å². The fraction of sp³-hybridized carbons (Fsp3) is 0.545. The van der Waals surface area contributed by atoms with Gasteiger partial charge in [0.05, 0.1) is 36.3 Å². The van der Waals surface area contributed by atoms with Crippen LogP contribution in [0, 0.1) is 0 Å². The second-order valence-corrected chi connectivity index (χ2v) is 12.8. The number of phenols is 1. The van der Waals surface area contributed by atoms with E-state index in [1.54, 1.807) is 0 Å². The van der Waals surface area contributed by atoms with E-state index < -0.39 is 117 Å². The summed E-state index contributed by atoms with van der Waals surface area (Å²) in [4.78, 5) is 13.8. The Balaban J connectivity index is 1.37. The Hall–Kier alpha value is -3.35. The van der Waals surface area contributed by atoms with Gasteiger partial charge in [0.2, 0.25) is 5.43 Å². The van der Waals surface area contributed by atoms with Crippen LogP contribution < -0.4 is 10.2 Å². The molecule has 3 aliphatic heterocycles. The van der Waals surface area contributed by atoms with E-state index in [2.05, 4.69) is 0 Å². The average Bonchev–Trinajstić information content (AvgIpc) is 3.38. The van der Waals surface area contributed by atoms with Crippen molar-refractivity contribution in [3.8, 4) is 22.6 Å². The largest absolute Gasteiger partial charge is 0.508 e. The van der Waals surface area contributed by atoms with E-state index in [1.165, 1.54) is 36.4 Å². The van der Waals surface area contributed by atoms with Crippen molar-refractivity contribution in [1.29, 1.82) is 0 Å². The molecule has 286 valence electrons. The van der Waals surface area contributed by atoms with Crippen LogP contribution in [0.4, 0.5) is 0 Å². The van der Waals surface area contributed by atoms with Gasteiger partial charge in [0, 0.05) is 0 Å². The van der Waals surface area contributed by atoms with Crippen LogP contribution >= 0.6 is 0 Å². The van der Waals surface area contributed by atoms with Crippen LogP contribution in [0.1, 0.15) is 11.7 Å². The Morgan fingerprint density at radius 2 is 1.35 bits per heavy atom. The van der Waals surface area contributed by atoms with Crippen molar-refractivity contribution >= 4 is 11.0 Å². The zero-order valence-corrected chi connectivity index (χ0v) is 27.1. The number of fused-ring (bicyclic) bond motifs is 1. The molecule has 2 aromatic carbocycles. The minimum atomic E-state index is -2.51. The molecule has 0 spiro atoms. The van der Waals surface area contributed by atoms with Crippen LogP contribution in [-0.2, 0) is 18.9 Å². The van der Waals surface area contributed by atoms with E-state index >= 15 is 0 Å². The summed E-state index contributed by atoms with van der Waals surface area (Å²) in [6, 6.07) is 8.07. The second kappa shape index (κ2) is 15.2. The zero-order chi connectivity index (χ0) is 37.6. The zero-order valence-electron chi connectivity index (χ0n) is 27.1. The van der Waals surface area contributed by atoms with Gasteiger partial charge in [-0.3, -0.25) is 4.79 Å². The number of phenolic OH excluding ortho intramolecular Hbond substituents is 1. The van der Waals surface area contributed by atoms with Crippen LogP contribution in [0.2, 0.25) is 0 Å². The maximum Gasteiger partial charge on any atom is 0.263 e. The maximum absolute atomic E-state index is 13.8. The summed E-state index contributed by atoms with van der Waals surface area (Å²) < 4.78 is 34.2. The van der Waals surface area contributed by atoms with Gasteiger partial charge in [-0.2, -0.15) is 0 Å². The van der Waals surface area contributed by atoms with Crippen LogP contribution in [0.15, 0.2) is 51.9 Å². The van der Waals surface area contributed by atoms with E-state index in [9.17, 15) is 66.1 Å². The van der Waals surface area contributed by atoms with Crippen molar-refractivity contribution in [2.45, 2.75) is 85.3 Å². The molecule has 3 fully saturated rings. The molecule has 0 saturated carbocycles. The van der Waals surface area contributed by atoms with E-state index in [0.717, 1.165) is 6.26 Å². The summed E-state index contributed by atoms with van der Waals surface area (Å²) in [6.07, 6.45) is -21.2. The number of ether oxygens (including phenoxy) is 5. The lowest BCUT2D eigenvalue weighted by molar-refractivity contribution is -0.309. The highest BCUT2D eigenvalue weighted by Crippen LogP contribution is 2.44. The Labute approximate surface area is 293 Å². The van der Waals surface area contributed by atoms with Gasteiger partial charge < -0.3 is 89.4 Å². The topological polar surface area (TPSA) is 319 Å². The van der Waals surface area contributed by atoms with Gasteiger partial charge in [-0.15, -0.1) is 0 Å². The fourth-order valence-corrected chi connectivity index (χ4v) is 6.56. The predicted molar refractivity (Wildman–Crippen MR) is 169 cm³/mol. The summed E-state index contributed by atoms with van der Waals surface area (Å²) in [7, 11) is 0. The van der Waals surface area contributed by atoms with E-state index in [1.807, 2.05) is 0 Å². The van der Waals surface area contributed by atoms with Crippen LogP contribution in [-0.4, -0.2) is 167 Å². The van der Waals surface area contributed by atoms with Crippen LogP contribution in [0.5, 0.6) is 11.5 Å². The lowest BCUT2D eigenvalue weighted by atomic mass is 9.89. The summed E-state index contributed by atoms with van der Waals surface area (Å²) in [5, 5.41) is 124. The number of aromatic hydroxyl groups is 1. The van der Waals surface area contributed by atoms with Crippen molar-refractivity contribution in [2.24, 2.45) is 0 Å². The summed E-state index contributed by atoms with van der Waals surface area (Å²) in [6.45, 7) is -3.37. The monoisotopic (exact) mass is 740 g/mol. The van der Waals surface area contributed by atoms with Gasteiger partial charge in [0.15, 0.2) is 6.29 Å². The molecule has 4 heterocycles. The molecule has 0 unspecified atom stereocenters. The summed E-state index contributed by atoms with van der Waals surface area (Å²) in [5.41, 5.74) is -0.733. The number of aliphatic hydroxyl groups excluding tert-OH is 11. The molecule has 1 aromatic heterocycles. The van der Waals surface area contributed by atoms with E-state index in [4.69, 9.17) is 28.1 Å². The molecule has 3 aliphatic rings. The fourth-order valence-electron chi connectivity index (χ4n) is 6.56. The number of benzene rings is 2. The van der Waals surface area contributed by atoms with Crippen LogP contribution in [0.25, 0.3) is 22.1 Å². The Morgan fingerprint density at radius 3 is 1.98 bits per heavy atom. The minimum absolute atomic E-state index is 0.0532. The van der Waals surface area contributed by atoms with Gasteiger partial charge in [-0.05, 0) is 29.8 Å². The molecule has 19 heteroatoms. The first-order valence-electron chi connectivity index (χ1n) is 16.2. The van der Waals surface area contributed by atoms with Gasteiger partial charge in [-0.25, -0.2) is 0 Å². The Bertz CT molecular complexity index is 1750. The molecule has 0 amide bonds. The van der Waals surface area contributed by atoms with Crippen molar-refractivity contribution in [3.05, 3.63) is 58.4 Å². The summed E-state index contributed by atoms with van der Waals surface area (Å²) >= 11 is 0. The number of rotatable bonds is 10. The quantitative estimate of drug-likeness (QED) is 0.0935. The van der Waals surface area contributed by atoms with Crippen molar-refractivity contribution in [3.63, 3.8) is 0 Å². The number of hydrogen-bond donors (Lipinski definition) is 12. The molecule has 0 bridgehead atoms. The third kappa shape index (κ3) is 6.68.